The fraction of sp³-hybridized carbons (Fsp3) is 1.00. The van der Waals surface area contributed by atoms with Crippen LogP contribution in [0.4, 0.5) is 13.2 Å². The van der Waals surface area contributed by atoms with Crippen LogP contribution in [-0.4, -0.2) is 23.8 Å². The highest BCUT2D eigenvalue weighted by atomic mass is 31.2. The summed E-state index contributed by atoms with van der Waals surface area (Å²) in [4.78, 5) is 8.51. The lowest BCUT2D eigenvalue weighted by Crippen LogP contribution is -2.20. The molecule has 1 fully saturated rings. The fourth-order valence-electron chi connectivity index (χ4n) is 0.781. The van der Waals surface area contributed by atoms with Gasteiger partial charge >= 0.3 is 14.0 Å². The largest absolute Gasteiger partial charge is 0.472 e. The third-order valence-corrected chi connectivity index (χ3v) is 2.20. The zero-order chi connectivity index (χ0) is 9.41. The van der Waals surface area contributed by atoms with Gasteiger partial charge in [-0.1, -0.05) is 0 Å². The van der Waals surface area contributed by atoms with Crippen LogP contribution in [0.5, 0.6) is 0 Å². The van der Waals surface area contributed by atoms with Gasteiger partial charge in [0, 0.05) is 0 Å². The number of phosphoric acid groups is 1. The highest BCUT2D eigenvalue weighted by Crippen LogP contribution is 2.51. The molecular weight excluding hydrogens is 200 g/mol. The van der Waals surface area contributed by atoms with E-state index < -0.39 is 33.1 Å². The van der Waals surface area contributed by atoms with Crippen molar-refractivity contribution in [3.8, 4) is 0 Å². The molecule has 1 N–H and O–H groups in total. The van der Waals surface area contributed by atoms with Crippen molar-refractivity contribution in [3.63, 3.8) is 0 Å². The molecule has 2 unspecified atom stereocenters. The highest BCUT2D eigenvalue weighted by Gasteiger charge is 2.41. The van der Waals surface area contributed by atoms with Crippen LogP contribution in [0.3, 0.4) is 0 Å². The summed E-state index contributed by atoms with van der Waals surface area (Å²) in [6.07, 6.45) is -7.03. The van der Waals surface area contributed by atoms with E-state index in [9.17, 15) is 17.7 Å². The molecule has 1 saturated heterocycles. The number of rotatable bonds is 1. The second-order valence-corrected chi connectivity index (χ2v) is 3.72. The molecule has 12 heavy (non-hydrogen) atoms. The molecule has 1 aliphatic rings. The Labute approximate surface area is 65.9 Å². The Morgan fingerprint density at radius 3 is 2.50 bits per heavy atom. The van der Waals surface area contributed by atoms with Crippen molar-refractivity contribution in [2.45, 2.75) is 18.7 Å². The zero-order valence-electron chi connectivity index (χ0n) is 5.74. The Kier molecular flexibility index (Phi) is 2.49. The SMILES string of the molecule is O=P1(O)OCC(CC(F)(F)F)O1. The second kappa shape index (κ2) is 2.99. The average Bonchev–Trinajstić information content (AvgIpc) is 2.05. The zero-order valence-corrected chi connectivity index (χ0v) is 6.64. The van der Waals surface area contributed by atoms with Gasteiger partial charge in [-0.3, -0.25) is 9.05 Å². The third kappa shape index (κ3) is 3.10. The lowest BCUT2D eigenvalue weighted by molar-refractivity contribution is -0.149. The number of halogens is 3. The van der Waals surface area contributed by atoms with Crippen LogP contribution in [0.2, 0.25) is 0 Å². The minimum atomic E-state index is -4.40. The maximum Gasteiger partial charge on any atom is 0.472 e. The molecule has 0 aromatic carbocycles. The van der Waals surface area contributed by atoms with Crippen molar-refractivity contribution < 1.29 is 31.7 Å². The molecule has 0 aromatic heterocycles. The van der Waals surface area contributed by atoms with Gasteiger partial charge in [-0.25, -0.2) is 4.57 Å². The number of hydrogen-bond donors (Lipinski definition) is 1. The summed E-state index contributed by atoms with van der Waals surface area (Å²) in [6, 6.07) is 0. The summed E-state index contributed by atoms with van der Waals surface area (Å²) in [5, 5.41) is 0. The van der Waals surface area contributed by atoms with E-state index in [0.717, 1.165) is 0 Å². The van der Waals surface area contributed by atoms with Crippen LogP contribution in [0.15, 0.2) is 0 Å². The van der Waals surface area contributed by atoms with E-state index in [4.69, 9.17) is 4.89 Å². The molecule has 0 amide bonds. The summed E-state index contributed by atoms with van der Waals surface area (Å²) in [7, 11) is -4.19. The molecule has 72 valence electrons. The summed E-state index contributed by atoms with van der Waals surface area (Å²) >= 11 is 0. The molecule has 4 nitrogen and oxygen atoms in total. The van der Waals surface area contributed by atoms with Gasteiger partial charge in [-0.15, -0.1) is 0 Å². The van der Waals surface area contributed by atoms with Crippen molar-refractivity contribution in [2.75, 3.05) is 6.61 Å². The van der Waals surface area contributed by atoms with Gasteiger partial charge in [0.1, 0.15) is 6.10 Å². The fourth-order valence-corrected chi connectivity index (χ4v) is 1.71. The minimum Gasteiger partial charge on any atom is -0.302 e. The maximum absolute atomic E-state index is 11.7. The smallest absolute Gasteiger partial charge is 0.302 e. The molecule has 2 atom stereocenters. The van der Waals surface area contributed by atoms with Gasteiger partial charge in [-0.05, 0) is 0 Å². The number of alkyl halides is 3. The van der Waals surface area contributed by atoms with Gasteiger partial charge in [0.25, 0.3) is 0 Å². The first-order valence-electron chi connectivity index (χ1n) is 3.01. The van der Waals surface area contributed by atoms with E-state index in [1.807, 2.05) is 0 Å². The van der Waals surface area contributed by atoms with Gasteiger partial charge in [0.05, 0.1) is 13.0 Å². The Hall–Kier alpha value is -0.100. The first-order chi connectivity index (χ1) is 5.29. The first kappa shape index (κ1) is 9.98. The molecule has 1 rings (SSSR count). The topological polar surface area (TPSA) is 55.8 Å². The quantitative estimate of drug-likeness (QED) is 0.659. The van der Waals surface area contributed by atoms with E-state index >= 15 is 0 Å². The molecule has 0 spiro atoms. The molecular formula is C4H6F3O4P. The van der Waals surface area contributed by atoms with Crippen molar-refractivity contribution in [3.05, 3.63) is 0 Å². The lowest BCUT2D eigenvalue weighted by Gasteiger charge is -2.09. The molecule has 0 aliphatic carbocycles. The van der Waals surface area contributed by atoms with E-state index in [1.54, 1.807) is 0 Å². The lowest BCUT2D eigenvalue weighted by atomic mass is 10.3. The van der Waals surface area contributed by atoms with Crippen LogP contribution in [0, 0.1) is 0 Å². The van der Waals surface area contributed by atoms with Gasteiger partial charge < -0.3 is 4.89 Å². The summed E-state index contributed by atoms with van der Waals surface area (Å²) < 4.78 is 53.6. The maximum atomic E-state index is 11.7. The molecule has 8 heteroatoms. The monoisotopic (exact) mass is 206 g/mol. The second-order valence-electron chi connectivity index (χ2n) is 2.31. The van der Waals surface area contributed by atoms with E-state index in [0.29, 0.717) is 0 Å². The normalized spacial score (nSPS) is 37.2. The highest BCUT2D eigenvalue weighted by molar-refractivity contribution is 7.47. The van der Waals surface area contributed by atoms with Crippen molar-refractivity contribution in [1.29, 1.82) is 0 Å². The summed E-state index contributed by atoms with van der Waals surface area (Å²) in [6.45, 7) is -0.493. The van der Waals surface area contributed by atoms with E-state index in [1.165, 1.54) is 0 Å². The Morgan fingerprint density at radius 1 is 1.58 bits per heavy atom. The Morgan fingerprint density at radius 2 is 2.17 bits per heavy atom. The van der Waals surface area contributed by atoms with Crippen LogP contribution >= 0.6 is 7.82 Å². The predicted octanol–water partition coefficient (Wildman–Crippen LogP) is 1.45. The molecule has 0 radical (unpaired) electrons. The van der Waals surface area contributed by atoms with Crippen LogP contribution < -0.4 is 0 Å². The van der Waals surface area contributed by atoms with Gasteiger partial charge in [0.2, 0.25) is 0 Å². The van der Waals surface area contributed by atoms with E-state index in [-0.39, 0.29) is 0 Å². The van der Waals surface area contributed by atoms with Crippen LogP contribution in [-0.2, 0) is 13.6 Å². The van der Waals surface area contributed by atoms with Crippen LogP contribution in [0.1, 0.15) is 6.42 Å². The number of phosphoric ester groups is 1. The van der Waals surface area contributed by atoms with Crippen molar-refractivity contribution >= 4 is 7.82 Å². The molecule has 1 heterocycles. The molecule has 0 aromatic rings. The molecule has 0 saturated carbocycles. The standard InChI is InChI=1S/C4H6F3O4P/c5-4(6,7)1-3-2-10-12(8,9)11-3/h3H,1-2H2,(H,8,9). The molecule has 1 aliphatic heterocycles. The third-order valence-electron chi connectivity index (χ3n) is 1.16. The van der Waals surface area contributed by atoms with Crippen molar-refractivity contribution in [1.82, 2.24) is 0 Å². The first-order valence-corrected chi connectivity index (χ1v) is 4.50. The minimum absolute atomic E-state index is 0.493. The van der Waals surface area contributed by atoms with Gasteiger partial charge in [0.15, 0.2) is 0 Å². The summed E-state index contributed by atoms with van der Waals surface area (Å²) in [5.41, 5.74) is 0. The summed E-state index contributed by atoms with van der Waals surface area (Å²) in [5.74, 6) is 0. The number of hydrogen-bond acceptors (Lipinski definition) is 3. The predicted molar refractivity (Wildman–Crippen MR) is 31.3 cm³/mol. The van der Waals surface area contributed by atoms with Crippen molar-refractivity contribution in [2.24, 2.45) is 0 Å². The molecule has 0 bridgehead atoms. The van der Waals surface area contributed by atoms with Gasteiger partial charge in [-0.2, -0.15) is 13.2 Å². The Balaban J connectivity index is 2.44. The average molecular weight is 206 g/mol. The van der Waals surface area contributed by atoms with E-state index in [2.05, 4.69) is 9.05 Å². The van der Waals surface area contributed by atoms with Crippen LogP contribution in [0.25, 0.3) is 0 Å². The Bertz CT molecular complexity index is 215.